The summed E-state index contributed by atoms with van der Waals surface area (Å²) in [5.74, 6) is -3.50. The average Bonchev–Trinajstić information content (AvgIpc) is 2.89. The van der Waals surface area contributed by atoms with Gasteiger partial charge in [-0.2, -0.15) is 13.7 Å². The Labute approximate surface area is 221 Å². The van der Waals surface area contributed by atoms with E-state index in [1.807, 2.05) is 25.1 Å². The normalized spacial score (nSPS) is 17.2. The minimum Gasteiger partial charge on any atom is -0.383 e. The Morgan fingerprint density at radius 3 is 2.71 bits per heavy atom. The van der Waals surface area contributed by atoms with Crippen LogP contribution in [-0.2, 0) is 17.1 Å². The Morgan fingerprint density at radius 2 is 2.00 bits per heavy atom. The molecule has 1 amide bonds. The molecule has 7 nitrogen and oxygen atoms in total. The molecule has 1 N–H and O–H groups in total. The third-order valence-electron chi connectivity index (χ3n) is 7.17. The van der Waals surface area contributed by atoms with Crippen molar-refractivity contribution in [2.24, 2.45) is 11.1 Å². The molecule has 0 bridgehead atoms. The van der Waals surface area contributed by atoms with Crippen LogP contribution in [0.1, 0.15) is 41.0 Å². The van der Waals surface area contributed by atoms with Crippen molar-refractivity contribution in [3.63, 3.8) is 0 Å². The van der Waals surface area contributed by atoms with Gasteiger partial charge in [0.15, 0.2) is 0 Å². The summed E-state index contributed by atoms with van der Waals surface area (Å²) in [5, 5.41) is 5.98. The van der Waals surface area contributed by atoms with Gasteiger partial charge in [0.1, 0.15) is 5.69 Å². The molecule has 9 heteroatoms. The van der Waals surface area contributed by atoms with E-state index in [1.54, 1.807) is 13.2 Å². The molecular formula is C29H32F2N4O3. The first-order valence-electron chi connectivity index (χ1n) is 12.6. The van der Waals surface area contributed by atoms with Gasteiger partial charge in [0.25, 0.3) is 11.8 Å². The SMILES string of the molecule is COCCN1c2cc(-c3cc(NC(=O)c4ccnc(C(C)(F)F)c4)ccc3C)ccc2CC(CN=O)C1C. The molecule has 0 spiro atoms. The van der Waals surface area contributed by atoms with E-state index in [1.165, 1.54) is 12.3 Å². The summed E-state index contributed by atoms with van der Waals surface area (Å²) in [7, 11) is 1.67. The highest BCUT2D eigenvalue weighted by Crippen LogP contribution is 2.38. The molecule has 0 saturated carbocycles. The molecule has 0 radical (unpaired) electrons. The number of methoxy groups -OCH3 is 1. The first kappa shape index (κ1) is 27.3. The molecule has 2 heterocycles. The molecule has 1 aromatic heterocycles. The summed E-state index contributed by atoms with van der Waals surface area (Å²) < 4.78 is 32.7. The number of nitroso groups, excluding NO2 is 1. The fourth-order valence-corrected chi connectivity index (χ4v) is 4.95. The van der Waals surface area contributed by atoms with Crippen LogP contribution in [0.25, 0.3) is 11.1 Å². The van der Waals surface area contributed by atoms with E-state index < -0.39 is 17.5 Å². The Kier molecular flexibility index (Phi) is 8.16. The molecule has 2 atom stereocenters. The van der Waals surface area contributed by atoms with Gasteiger partial charge in [-0.15, -0.1) is 0 Å². The number of hydrogen-bond acceptors (Lipinski definition) is 6. The minimum absolute atomic E-state index is 0.106. The van der Waals surface area contributed by atoms with Crippen LogP contribution in [-0.4, -0.2) is 43.7 Å². The number of rotatable bonds is 9. The number of fused-ring (bicyclic) bond motifs is 1. The molecule has 1 aliphatic heterocycles. The van der Waals surface area contributed by atoms with Gasteiger partial charge in [-0.3, -0.25) is 9.78 Å². The lowest BCUT2D eigenvalue weighted by molar-refractivity contribution is 0.0127. The summed E-state index contributed by atoms with van der Waals surface area (Å²) in [5.41, 5.74) is 5.39. The molecule has 2 aromatic carbocycles. The van der Waals surface area contributed by atoms with Crippen LogP contribution >= 0.6 is 0 Å². The predicted octanol–water partition coefficient (Wildman–Crippen LogP) is 6.20. The number of nitrogens with zero attached hydrogens (tertiary/aromatic N) is 3. The number of halogens is 2. The first-order valence-corrected chi connectivity index (χ1v) is 12.6. The van der Waals surface area contributed by atoms with E-state index in [2.05, 4.69) is 39.4 Å². The highest BCUT2D eigenvalue weighted by atomic mass is 19.3. The van der Waals surface area contributed by atoms with Crippen molar-refractivity contribution < 1.29 is 18.3 Å². The molecule has 38 heavy (non-hydrogen) atoms. The van der Waals surface area contributed by atoms with Crippen molar-refractivity contribution in [1.29, 1.82) is 0 Å². The largest absolute Gasteiger partial charge is 0.383 e. The number of hydrogen-bond donors (Lipinski definition) is 1. The number of benzene rings is 2. The fraction of sp³-hybridized carbons (Fsp3) is 0.379. The number of alkyl halides is 2. The van der Waals surface area contributed by atoms with Crippen LogP contribution in [0.3, 0.4) is 0 Å². The second-order valence-electron chi connectivity index (χ2n) is 9.85. The Bertz CT molecular complexity index is 1330. The number of aryl methyl sites for hydroxylation is 1. The number of carbonyl (C=O) groups is 1. The Morgan fingerprint density at radius 1 is 1.21 bits per heavy atom. The number of amides is 1. The number of aromatic nitrogens is 1. The number of carbonyl (C=O) groups excluding carboxylic acids is 1. The zero-order valence-corrected chi connectivity index (χ0v) is 22.0. The van der Waals surface area contributed by atoms with Gasteiger partial charge in [0.2, 0.25) is 0 Å². The fourth-order valence-electron chi connectivity index (χ4n) is 4.95. The topological polar surface area (TPSA) is 83.9 Å². The zero-order chi connectivity index (χ0) is 27.4. The standard InChI is InChI=1S/C29H32F2N4O3/c1-18-5-8-24(34-28(36)22-9-10-32-27(15-22)29(3,30)31)16-25(18)20-6-7-21-13-23(17-33-37)19(2)35(11-12-38-4)26(21)14-20/h5-10,14-16,19,23H,11-13,17H2,1-4H3,(H,34,36). The van der Waals surface area contributed by atoms with Crippen molar-refractivity contribution in [1.82, 2.24) is 4.98 Å². The summed E-state index contributed by atoms with van der Waals surface area (Å²) >= 11 is 0. The zero-order valence-electron chi connectivity index (χ0n) is 22.0. The maximum absolute atomic E-state index is 13.7. The first-order chi connectivity index (χ1) is 18.1. The van der Waals surface area contributed by atoms with Gasteiger partial charge in [0.05, 0.1) is 13.2 Å². The van der Waals surface area contributed by atoms with Gasteiger partial charge < -0.3 is 15.0 Å². The van der Waals surface area contributed by atoms with Crippen molar-refractivity contribution >= 4 is 17.3 Å². The van der Waals surface area contributed by atoms with Crippen LogP contribution < -0.4 is 10.2 Å². The van der Waals surface area contributed by atoms with E-state index in [0.29, 0.717) is 18.8 Å². The predicted molar refractivity (Wildman–Crippen MR) is 145 cm³/mol. The van der Waals surface area contributed by atoms with Crippen molar-refractivity contribution in [3.05, 3.63) is 82.0 Å². The lowest BCUT2D eigenvalue weighted by Crippen LogP contribution is -2.46. The average molecular weight is 523 g/mol. The van der Waals surface area contributed by atoms with Gasteiger partial charge in [-0.25, -0.2) is 0 Å². The Balaban J connectivity index is 1.64. The molecule has 200 valence electrons. The summed E-state index contributed by atoms with van der Waals surface area (Å²) in [6.45, 7) is 6.36. The van der Waals surface area contributed by atoms with Gasteiger partial charge in [0, 0.05) is 55.7 Å². The highest BCUT2D eigenvalue weighted by Gasteiger charge is 2.32. The van der Waals surface area contributed by atoms with E-state index in [9.17, 15) is 18.5 Å². The molecule has 1 aliphatic rings. The van der Waals surface area contributed by atoms with Crippen LogP contribution in [0.5, 0.6) is 0 Å². The lowest BCUT2D eigenvalue weighted by atomic mass is 9.85. The third kappa shape index (κ3) is 5.88. The Hall–Kier alpha value is -3.72. The molecule has 0 fully saturated rings. The van der Waals surface area contributed by atoms with Crippen molar-refractivity contribution in [2.45, 2.75) is 39.2 Å². The molecule has 0 aliphatic carbocycles. The molecule has 3 aromatic rings. The monoisotopic (exact) mass is 522 g/mol. The van der Waals surface area contributed by atoms with Gasteiger partial charge >= 0.3 is 0 Å². The number of ether oxygens (including phenoxy) is 1. The smallest absolute Gasteiger partial charge is 0.286 e. The van der Waals surface area contributed by atoms with Crippen LogP contribution in [0.4, 0.5) is 20.2 Å². The number of pyridine rings is 1. The second kappa shape index (κ2) is 11.3. The van der Waals surface area contributed by atoms with Crippen LogP contribution in [0.2, 0.25) is 0 Å². The maximum Gasteiger partial charge on any atom is 0.286 e. The highest BCUT2D eigenvalue weighted by molar-refractivity contribution is 6.04. The molecule has 0 saturated heterocycles. The second-order valence-corrected chi connectivity index (χ2v) is 9.85. The minimum atomic E-state index is -3.14. The lowest BCUT2D eigenvalue weighted by Gasteiger charge is -2.41. The third-order valence-corrected chi connectivity index (χ3v) is 7.17. The molecule has 2 unspecified atom stereocenters. The molecular weight excluding hydrogens is 490 g/mol. The van der Waals surface area contributed by atoms with Crippen LogP contribution in [0.15, 0.2) is 59.9 Å². The van der Waals surface area contributed by atoms with Gasteiger partial charge in [-0.1, -0.05) is 23.4 Å². The summed E-state index contributed by atoms with van der Waals surface area (Å²) in [4.78, 5) is 29.8. The van der Waals surface area contributed by atoms with E-state index in [4.69, 9.17) is 4.74 Å². The van der Waals surface area contributed by atoms with Crippen molar-refractivity contribution in [3.8, 4) is 11.1 Å². The molecule has 4 rings (SSSR count). The van der Waals surface area contributed by atoms with Gasteiger partial charge in [-0.05, 0) is 72.9 Å². The number of nitrogens with one attached hydrogen (secondary N) is 1. The summed E-state index contributed by atoms with van der Waals surface area (Å²) in [6.07, 6.45) is 1.98. The van der Waals surface area contributed by atoms with E-state index in [-0.39, 0.29) is 24.1 Å². The van der Waals surface area contributed by atoms with Crippen molar-refractivity contribution in [2.75, 3.05) is 37.0 Å². The van der Waals surface area contributed by atoms with Crippen LogP contribution in [0, 0.1) is 17.7 Å². The van der Waals surface area contributed by atoms with E-state index in [0.717, 1.165) is 47.4 Å². The maximum atomic E-state index is 13.7. The quantitative estimate of drug-likeness (QED) is 0.338. The van der Waals surface area contributed by atoms with E-state index >= 15 is 0 Å². The summed E-state index contributed by atoms with van der Waals surface area (Å²) in [6, 6.07) is 14.5. The number of anilines is 2.